The van der Waals surface area contributed by atoms with Crippen molar-refractivity contribution in [2.75, 3.05) is 32.7 Å². The third-order valence-corrected chi connectivity index (χ3v) is 8.56. The SMILES string of the molecule is CC(=O)N1CCN(CCCn2cc(-c3csc(CNC(=O)C4(CC(=O)O)Cc5ccccc5C4)n3)cn2)CC1. The molecule has 2 aliphatic rings. The highest BCUT2D eigenvalue weighted by Crippen LogP contribution is 2.40. The van der Waals surface area contributed by atoms with Crippen LogP contribution >= 0.6 is 11.3 Å². The molecule has 0 radical (unpaired) electrons. The van der Waals surface area contributed by atoms with Crippen LogP contribution in [0, 0.1) is 5.41 Å². The van der Waals surface area contributed by atoms with Crippen LogP contribution in [0.4, 0.5) is 0 Å². The van der Waals surface area contributed by atoms with Gasteiger partial charge < -0.3 is 15.3 Å². The Labute approximate surface area is 231 Å². The van der Waals surface area contributed by atoms with E-state index < -0.39 is 11.4 Å². The van der Waals surface area contributed by atoms with E-state index in [4.69, 9.17) is 0 Å². The van der Waals surface area contributed by atoms with Gasteiger partial charge in [-0.05, 0) is 30.4 Å². The summed E-state index contributed by atoms with van der Waals surface area (Å²) in [6, 6.07) is 7.78. The maximum atomic E-state index is 13.3. The number of hydrogen-bond acceptors (Lipinski definition) is 7. The molecular weight excluding hydrogens is 516 g/mol. The Morgan fingerprint density at radius 3 is 2.46 bits per heavy atom. The summed E-state index contributed by atoms with van der Waals surface area (Å²) in [5, 5.41) is 19.7. The molecule has 2 N–H and O–H groups in total. The van der Waals surface area contributed by atoms with Gasteiger partial charge in [-0.2, -0.15) is 5.10 Å². The summed E-state index contributed by atoms with van der Waals surface area (Å²) in [6.07, 6.45) is 5.42. The lowest BCUT2D eigenvalue weighted by molar-refractivity contribution is -0.145. The van der Waals surface area contributed by atoms with Crippen molar-refractivity contribution in [2.45, 2.75) is 45.7 Å². The van der Waals surface area contributed by atoms with E-state index in [2.05, 4.69) is 20.3 Å². The molecule has 1 aliphatic heterocycles. The van der Waals surface area contributed by atoms with E-state index in [9.17, 15) is 19.5 Å². The maximum absolute atomic E-state index is 13.3. The fraction of sp³-hybridized carbons (Fsp3) is 0.464. The van der Waals surface area contributed by atoms with Gasteiger partial charge in [0.15, 0.2) is 0 Å². The number of amides is 2. The maximum Gasteiger partial charge on any atom is 0.304 e. The van der Waals surface area contributed by atoms with Crippen molar-refractivity contribution < 1.29 is 19.5 Å². The van der Waals surface area contributed by atoms with Crippen LogP contribution in [0.5, 0.6) is 0 Å². The van der Waals surface area contributed by atoms with Crippen LogP contribution in [0.1, 0.15) is 35.9 Å². The summed E-state index contributed by atoms with van der Waals surface area (Å²) >= 11 is 1.46. The molecule has 10 nitrogen and oxygen atoms in total. The number of aromatic nitrogens is 3. The Balaban J connectivity index is 1.12. The molecule has 1 aromatic carbocycles. The molecule has 2 amide bonds. The summed E-state index contributed by atoms with van der Waals surface area (Å²) in [7, 11) is 0. The van der Waals surface area contributed by atoms with E-state index in [0.29, 0.717) is 12.8 Å². The van der Waals surface area contributed by atoms with E-state index in [-0.39, 0.29) is 24.8 Å². The number of carboxylic acids is 1. The van der Waals surface area contributed by atoms with Crippen LogP contribution in [0.2, 0.25) is 0 Å². The van der Waals surface area contributed by atoms with E-state index in [1.54, 1.807) is 13.1 Å². The second-order valence-electron chi connectivity index (χ2n) is 10.5. The van der Waals surface area contributed by atoms with Crippen LogP contribution in [-0.4, -0.2) is 80.2 Å². The number of carboxylic acid groups (broad SMARTS) is 1. The predicted molar refractivity (Wildman–Crippen MR) is 147 cm³/mol. The normalized spacial score (nSPS) is 16.7. The lowest BCUT2D eigenvalue weighted by Crippen LogP contribution is -2.48. The first-order valence-corrected chi connectivity index (χ1v) is 14.2. The van der Waals surface area contributed by atoms with Gasteiger partial charge in [-0.25, -0.2) is 4.98 Å². The first kappa shape index (κ1) is 27.0. The number of nitrogens with one attached hydrogen (secondary N) is 1. The van der Waals surface area contributed by atoms with Crippen molar-refractivity contribution in [2.24, 2.45) is 5.41 Å². The number of nitrogens with zero attached hydrogens (tertiary/aromatic N) is 5. The lowest BCUT2D eigenvalue weighted by Gasteiger charge is -2.34. The average Bonchev–Trinajstić information content (AvgIpc) is 3.65. The molecule has 0 unspecified atom stereocenters. The van der Waals surface area contributed by atoms with Crippen LogP contribution in [-0.2, 0) is 40.3 Å². The molecule has 0 atom stereocenters. The Hall–Kier alpha value is -3.57. The van der Waals surface area contributed by atoms with Gasteiger partial charge in [-0.15, -0.1) is 11.3 Å². The highest BCUT2D eigenvalue weighted by atomic mass is 32.1. The third kappa shape index (κ3) is 6.36. The summed E-state index contributed by atoms with van der Waals surface area (Å²) in [5.74, 6) is -1.07. The second kappa shape index (κ2) is 11.7. The quantitative estimate of drug-likeness (QED) is 0.398. The minimum atomic E-state index is -0.974. The number of fused-ring (bicyclic) bond motifs is 1. The van der Waals surface area contributed by atoms with Crippen LogP contribution in [0.25, 0.3) is 11.3 Å². The van der Waals surface area contributed by atoms with Crippen LogP contribution in [0.3, 0.4) is 0 Å². The number of aliphatic carboxylic acids is 1. The summed E-state index contributed by atoms with van der Waals surface area (Å²) in [6.45, 7) is 7.05. The van der Waals surface area contributed by atoms with Crippen molar-refractivity contribution in [1.82, 2.24) is 29.9 Å². The minimum absolute atomic E-state index is 0.146. The van der Waals surface area contributed by atoms with Gasteiger partial charge >= 0.3 is 5.97 Å². The minimum Gasteiger partial charge on any atom is -0.481 e. The van der Waals surface area contributed by atoms with Crippen molar-refractivity contribution in [3.63, 3.8) is 0 Å². The number of thiazole rings is 1. The summed E-state index contributed by atoms with van der Waals surface area (Å²) in [5.41, 5.74) is 2.84. The molecule has 1 fully saturated rings. The Morgan fingerprint density at radius 2 is 1.79 bits per heavy atom. The van der Waals surface area contributed by atoms with Gasteiger partial charge in [0.2, 0.25) is 11.8 Å². The van der Waals surface area contributed by atoms with E-state index in [1.165, 1.54) is 11.3 Å². The highest BCUT2D eigenvalue weighted by molar-refractivity contribution is 7.09. The van der Waals surface area contributed by atoms with E-state index >= 15 is 0 Å². The van der Waals surface area contributed by atoms with Gasteiger partial charge in [0.25, 0.3) is 0 Å². The van der Waals surface area contributed by atoms with Gasteiger partial charge in [0, 0.05) is 63.3 Å². The predicted octanol–water partition coefficient (Wildman–Crippen LogP) is 2.44. The van der Waals surface area contributed by atoms with Gasteiger partial charge in [0.05, 0.1) is 30.3 Å². The Bertz CT molecular complexity index is 1320. The van der Waals surface area contributed by atoms with Gasteiger partial charge in [0.1, 0.15) is 5.01 Å². The average molecular weight is 551 g/mol. The lowest BCUT2D eigenvalue weighted by atomic mass is 9.80. The van der Waals surface area contributed by atoms with Crippen molar-refractivity contribution in [1.29, 1.82) is 0 Å². The molecule has 3 heterocycles. The zero-order valence-electron chi connectivity index (χ0n) is 22.1. The topological polar surface area (TPSA) is 121 Å². The molecule has 2 aromatic heterocycles. The first-order valence-electron chi connectivity index (χ1n) is 13.3. The van der Waals surface area contributed by atoms with E-state index in [1.807, 2.05) is 45.4 Å². The number of hydrogen-bond donors (Lipinski definition) is 2. The van der Waals surface area contributed by atoms with Crippen molar-refractivity contribution in [3.8, 4) is 11.3 Å². The molecule has 1 saturated heterocycles. The number of carbonyl (C=O) groups excluding carboxylic acids is 2. The largest absolute Gasteiger partial charge is 0.481 e. The second-order valence-corrected chi connectivity index (χ2v) is 11.4. The number of piperazine rings is 1. The highest BCUT2D eigenvalue weighted by Gasteiger charge is 2.45. The molecule has 206 valence electrons. The third-order valence-electron chi connectivity index (χ3n) is 7.71. The number of rotatable bonds is 10. The van der Waals surface area contributed by atoms with E-state index in [0.717, 1.165) is 73.1 Å². The molecular formula is C28H34N6O4S. The fourth-order valence-corrected chi connectivity index (χ4v) is 6.32. The molecule has 3 aromatic rings. The summed E-state index contributed by atoms with van der Waals surface area (Å²) < 4.78 is 1.93. The molecule has 0 spiro atoms. The zero-order chi connectivity index (χ0) is 27.4. The Morgan fingerprint density at radius 1 is 1.08 bits per heavy atom. The molecule has 11 heteroatoms. The van der Waals surface area contributed by atoms with Crippen molar-refractivity contribution >= 4 is 29.1 Å². The van der Waals surface area contributed by atoms with Gasteiger partial charge in [-0.3, -0.25) is 24.0 Å². The molecule has 1 aliphatic carbocycles. The number of carbonyl (C=O) groups is 3. The smallest absolute Gasteiger partial charge is 0.304 e. The fourth-order valence-electron chi connectivity index (χ4n) is 5.58. The van der Waals surface area contributed by atoms with Gasteiger partial charge in [-0.1, -0.05) is 24.3 Å². The zero-order valence-corrected chi connectivity index (χ0v) is 23.0. The number of benzene rings is 1. The van der Waals surface area contributed by atoms with Crippen LogP contribution in [0.15, 0.2) is 42.0 Å². The molecule has 5 rings (SSSR count). The molecule has 0 saturated carbocycles. The monoisotopic (exact) mass is 550 g/mol. The van der Waals surface area contributed by atoms with Crippen molar-refractivity contribution in [3.05, 3.63) is 58.2 Å². The summed E-state index contributed by atoms with van der Waals surface area (Å²) in [4.78, 5) is 45.3. The number of aryl methyl sites for hydroxylation is 1. The molecule has 39 heavy (non-hydrogen) atoms. The van der Waals surface area contributed by atoms with Crippen LogP contribution < -0.4 is 5.32 Å². The first-order chi connectivity index (χ1) is 18.8. The standard InChI is InChI=1S/C28H34N6O4S/c1-20(35)33-11-9-32(10-12-33)7-4-8-34-18-23(16-30-34)24-19-39-25(31-24)17-29-27(38)28(15-26(36)37)13-21-5-2-3-6-22(21)14-28/h2-3,5-6,16,18-19H,4,7-15,17H2,1H3,(H,29,38)(H,36,37). The Kier molecular flexibility index (Phi) is 8.08. The molecule has 0 bridgehead atoms.